The summed E-state index contributed by atoms with van der Waals surface area (Å²) in [5, 5.41) is 0. The van der Waals surface area contributed by atoms with Crippen molar-refractivity contribution in [2.45, 2.75) is 0 Å². The highest BCUT2D eigenvalue weighted by Gasteiger charge is 2.17. The van der Waals surface area contributed by atoms with Gasteiger partial charge in [0.25, 0.3) is 0 Å². The van der Waals surface area contributed by atoms with Crippen molar-refractivity contribution >= 4 is 10.8 Å². The molecule has 122 valence electrons. The fourth-order valence-electron chi connectivity index (χ4n) is 2.44. The summed E-state index contributed by atoms with van der Waals surface area (Å²) in [6, 6.07) is 0. The van der Waals surface area contributed by atoms with Gasteiger partial charge >= 0.3 is 0 Å². The quantitative estimate of drug-likeness (QED) is 0.501. The largest absolute Gasteiger partial charge is 1.00 e. The zero-order chi connectivity index (χ0) is 12.6. The van der Waals surface area contributed by atoms with Gasteiger partial charge in [0.2, 0.25) is 0 Å². The van der Waals surface area contributed by atoms with Crippen molar-refractivity contribution < 1.29 is 48.3 Å². The molecule has 2 saturated heterocycles. The first kappa shape index (κ1) is 20.6. The first-order valence-electron chi connectivity index (χ1n) is 7.02. The number of ether oxygens (including phenoxy) is 2. The standard InChI is InChI=1S/C12H24N2O3S.2ClH/c15-18(11-5-13-1-7-16-8-2-13)12-6-14-3-9-17-10-4-14;;/h1-12H2;2*1H. The van der Waals surface area contributed by atoms with Crippen LogP contribution in [0.3, 0.4) is 0 Å². The lowest BCUT2D eigenvalue weighted by Crippen LogP contribution is -3.15. The summed E-state index contributed by atoms with van der Waals surface area (Å²) < 4.78 is 22.6. The first-order valence-corrected chi connectivity index (χ1v) is 8.51. The van der Waals surface area contributed by atoms with Gasteiger partial charge in [-0.3, -0.25) is 4.21 Å². The summed E-state index contributed by atoms with van der Waals surface area (Å²) in [6.07, 6.45) is 0. The fourth-order valence-corrected chi connectivity index (χ4v) is 3.68. The van der Waals surface area contributed by atoms with Gasteiger partial charge in [0.1, 0.15) is 26.2 Å². The number of morpholine rings is 2. The molecule has 2 aliphatic heterocycles. The molecule has 8 heteroatoms. The maximum atomic E-state index is 12.0. The summed E-state index contributed by atoms with van der Waals surface area (Å²) in [4.78, 5) is 3.10. The van der Waals surface area contributed by atoms with Gasteiger partial charge < -0.3 is 44.1 Å². The second-order valence-electron chi connectivity index (χ2n) is 5.07. The Morgan fingerprint density at radius 3 is 1.45 bits per heavy atom. The van der Waals surface area contributed by atoms with E-state index < -0.39 is 10.8 Å². The Morgan fingerprint density at radius 2 is 1.10 bits per heavy atom. The molecular weight excluding hydrogens is 323 g/mol. The van der Waals surface area contributed by atoms with Gasteiger partial charge in [0, 0.05) is 10.8 Å². The summed E-state index contributed by atoms with van der Waals surface area (Å²) in [5.41, 5.74) is 0. The first-order chi connectivity index (χ1) is 8.84. The Labute approximate surface area is 136 Å². The van der Waals surface area contributed by atoms with Crippen molar-refractivity contribution in [3.63, 3.8) is 0 Å². The van der Waals surface area contributed by atoms with Crippen molar-refractivity contribution in [3.8, 4) is 0 Å². The van der Waals surface area contributed by atoms with E-state index in [4.69, 9.17) is 9.47 Å². The number of halogens is 2. The summed E-state index contributed by atoms with van der Waals surface area (Å²) >= 11 is 0. The van der Waals surface area contributed by atoms with Crippen LogP contribution in [0, 0.1) is 0 Å². The highest BCUT2D eigenvalue weighted by molar-refractivity contribution is 7.85. The molecule has 0 aromatic rings. The highest BCUT2D eigenvalue weighted by Crippen LogP contribution is 1.81. The van der Waals surface area contributed by atoms with Gasteiger partial charge in [-0.05, 0) is 0 Å². The molecular formula is C12H26Cl2N2O3S. The fraction of sp³-hybridized carbons (Fsp3) is 1.00. The third-order valence-electron chi connectivity index (χ3n) is 3.77. The Balaban J connectivity index is 0.00000180. The lowest BCUT2D eigenvalue weighted by atomic mass is 10.4. The van der Waals surface area contributed by atoms with Gasteiger partial charge in [0.15, 0.2) is 0 Å². The van der Waals surface area contributed by atoms with E-state index in [1.165, 1.54) is 0 Å². The van der Waals surface area contributed by atoms with Crippen LogP contribution in [0.2, 0.25) is 0 Å². The van der Waals surface area contributed by atoms with Gasteiger partial charge in [0.05, 0.1) is 51.0 Å². The average Bonchev–Trinajstić information content (AvgIpc) is 2.45. The second kappa shape index (κ2) is 12.1. The van der Waals surface area contributed by atoms with Crippen LogP contribution < -0.4 is 34.6 Å². The molecule has 0 aromatic heterocycles. The number of hydrogen-bond donors (Lipinski definition) is 2. The van der Waals surface area contributed by atoms with Crippen molar-refractivity contribution in [2.24, 2.45) is 0 Å². The van der Waals surface area contributed by atoms with Gasteiger partial charge in [-0.2, -0.15) is 0 Å². The molecule has 0 saturated carbocycles. The summed E-state index contributed by atoms with van der Waals surface area (Å²) in [5.74, 6) is 1.69. The third kappa shape index (κ3) is 8.12. The minimum Gasteiger partial charge on any atom is -1.00 e. The van der Waals surface area contributed by atoms with Crippen LogP contribution in [-0.2, 0) is 20.3 Å². The molecule has 0 aromatic carbocycles. The van der Waals surface area contributed by atoms with Crippen LogP contribution in [-0.4, -0.2) is 81.4 Å². The molecule has 0 unspecified atom stereocenters. The molecule has 0 atom stereocenters. The lowest BCUT2D eigenvalue weighted by molar-refractivity contribution is -0.906. The molecule has 2 fully saturated rings. The molecule has 0 bridgehead atoms. The molecule has 2 heterocycles. The predicted molar refractivity (Wildman–Crippen MR) is 70.6 cm³/mol. The Bertz CT molecular complexity index is 239. The SMILES string of the molecule is O=S(CC[NH+]1CCOCC1)CC[NH+]1CCOCC1.[Cl-].[Cl-]. The van der Waals surface area contributed by atoms with E-state index in [1.807, 2.05) is 0 Å². The van der Waals surface area contributed by atoms with E-state index in [1.54, 1.807) is 9.80 Å². The van der Waals surface area contributed by atoms with Gasteiger partial charge in [-0.1, -0.05) is 0 Å². The molecule has 20 heavy (non-hydrogen) atoms. The molecule has 0 aliphatic carbocycles. The van der Waals surface area contributed by atoms with Crippen LogP contribution in [0.5, 0.6) is 0 Å². The third-order valence-corrected chi connectivity index (χ3v) is 5.09. The van der Waals surface area contributed by atoms with Crippen molar-refractivity contribution in [1.29, 1.82) is 0 Å². The molecule has 2 N–H and O–H groups in total. The van der Waals surface area contributed by atoms with E-state index in [-0.39, 0.29) is 24.8 Å². The van der Waals surface area contributed by atoms with Crippen molar-refractivity contribution in [3.05, 3.63) is 0 Å². The topological polar surface area (TPSA) is 44.4 Å². The molecule has 0 radical (unpaired) electrons. The monoisotopic (exact) mass is 348 g/mol. The maximum Gasteiger partial charge on any atom is 0.101 e. The average molecular weight is 349 g/mol. The molecule has 0 spiro atoms. The maximum absolute atomic E-state index is 12.0. The van der Waals surface area contributed by atoms with Crippen LogP contribution in [0.4, 0.5) is 0 Å². The number of nitrogens with one attached hydrogen (secondary N) is 2. The number of quaternary nitrogens is 2. The van der Waals surface area contributed by atoms with E-state index in [9.17, 15) is 4.21 Å². The van der Waals surface area contributed by atoms with Gasteiger partial charge in [-0.15, -0.1) is 0 Å². The normalized spacial score (nSPS) is 21.2. The Kier molecular flexibility index (Phi) is 12.5. The summed E-state index contributed by atoms with van der Waals surface area (Å²) in [7, 11) is -0.647. The highest BCUT2D eigenvalue weighted by atomic mass is 35.5. The molecule has 2 rings (SSSR count). The minimum atomic E-state index is -0.647. The Hall–Kier alpha value is 0.570. The number of rotatable bonds is 6. The molecule has 5 nitrogen and oxygen atoms in total. The molecule has 0 amide bonds. The summed E-state index contributed by atoms with van der Waals surface area (Å²) in [6.45, 7) is 9.82. The van der Waals surface area contributed by atoms with Crippen LogP contribution in [0.1, 0.15) is 0 Å². The van der Waals surface area contributed by atoms with E-state index in [2.05, 4.69) is 0 Å². The number of hydrogen-bond acceptors (Lipinski definition) is 3. The van der Waals surface area contributed by atoms with Crippen LogP contribution >= 0.6 is 0 Å². The predicted octanol–water partition coefficient (Wildman–Crippen LogP) is -9.43. The minimum absolute atomic E-state index is 0. The van der Waals surface area contributed by atoms with Crippen LogP contribution in [0.15, 0.2) is 0 Å². The zero-order valence-corrected chi connectivity index (χ0v) is 14.2. The van der Waals surface area contributed by atoms with Crippen molar-refractivity contribution in [1.82, 2.24) is 0 Å². The van der Waals surface area contributed by atoms with E-state index in [0.717, 1.165) is 77.2 Å². The second-order valence-corrected chi connectivity index (χ2v) is 6.77. The Morgan fingerprint density at radius 1 is 0.750 bits per heavy atom. The van der Waals surface area contributed by atoms with E-state index >= 15 is 0 Å². The smallest absolute Gasteiger partial charge is 0.101 e. The van der Waals surface area contributed by atoms with Gasteiger partial charge in [-0.25, -0.2) is 0 Å². The van der Waals surface area contributed by atoms with Crippen molar-refractivity contribution in [2.75, 3.05) is 77.2 Å². The van der Waals surface area contributed by atoms with E-state index in [0.29, 0.717) is 0 Å². The van der Waals surface area contributed by atoms with Crippen LogP contribution in [0.25, 0.3) is 0 Å². The molecule has 2 aliphatic rings. The lowest BCUT2D eigenvalue weighted by Gasteiger charge is -2.24. The zero-order valence-electron chi connectivity index (χ0n) is 11.9.